The average Bonchev–Trinajstić information content (AvgIpc) is 2.55. The van der Waals surface area contributed by atoms with Crippen LogP contribution in [0.15, 0.2) is 42.5 Å². The number of fused-ring (bicyclic) bond motifs is 2. The second-order valence-corrected chi connectivity index (χ2v) is 4.96. The van der Waals surface area contributed by atoms with Crippen LogP contribution in [0.3, 0.4) is 0 Å². The molecule has 0 heterocycles. The first kappa shape index (κ1) is 11.7. The van der Waals surface area contributed by atoms with Crippen molar-refractivity contribution in [1.82, 2.24) is 0 Å². The van der Waals surface area contributed by atoms with E-state index in [9.17, 15) is 10.1 Å². The van der Waals surface area contributed by atoms with E-state index in [4.69, 9.17) is 0 Å². The molecule has 0 aliphatic heterocycles. The molecule has 2 heteroatoms. The van der Waals surface area contributed by atoms with Gasteiger partial charge in [0.15, 0.2) is 5.78 Å². The molecule has 0 radical (unpaired) electrons. The predicted molar refractivity (Wildman–Crippen MR) is 73.1 cm³/mol. The lowest BCUT2D eigenvalue weighted by Gasteiger charge is -2.09. The van der Waals surface area contributed by atoms with Crippen LogP contribution in [0, 0.1) is 18.3 Å². The number of ketones is 1. The summed E-state index contributed by atoms with van der Waals surface area (Å²) in [5, 5.41) is 9.38. The minimum Gasteiger partial charge on any atom is -0.289 e. The zero-order valence-electron chi connectivity index (χ0n) is 10.7. The highest BCUT2D eigenvalue weighted by Crippen LogP contribution is 2.32. The fourth-order valence-electron chi connectivity index (χ4n) is 2.68. The number of benzene rings is 2. The topological polar surface area (TPSA) is 40.9 Å². The van der Waals surface area contributed by atoms with E-state index in [2.05, 4.69) is 6.07 Å². The molecule has 0 bridgehead atoms. The third kappa shape index (κ3) is 1.84. The van der Waals surface area contributed by atoms with Crippen molar-refractivity contribution >= 4 is 5.78 Å². The maximum absolute atomic E-state index is 12.6. The van der Waals surface area contributed by atoms with Crippen LogP contribution in [-0.2, 0) is 6.42 Å². The van der Waals surface area contributed by atoms with Crippen LogP contribution < -0.4 is 0 Å². The molecule has 2 aromatic rings. The Bertz CT molecular complexity index is 709. The van der Waals surface area contributed by atoms with Crippen LogP contribution in [0.5, 0.6) is 0 Å². The van der Waals surface area contributed by atoms with Crippen molar-refractivity contribution in [2.24, 2.45) is 0 Å². The molecule has 92 valence electrons. The molecule has 1 aliphatic rings. The molecule has 0 saturated carbocycles. The summed E-state index contributed by atoms with van der Waals surface area (Å²) in [4.78, 5) is 12.6. The van der Waals surface area contributed by atoms with E-state index in [1.54, 1.807) is 0 Å². The normalized spacial score (nSPS) is 17.1. The van der Waals surface area contributed by atoms with E-state index in [0.717, 1.165) is 22.3 Å². The van der Waals surface area contributed by atoms with Gasteiger partial charge in [-0.05, 0) is 30.5 Å². The second kappa shape index (κ2) is 4.37. The lowest BCUT2D eigenvalue weighted by atomic mass is 9.91. The molecule has 1 aliphatic carbocycles. The summed E-state index contributed by atoms with van der Waals surface area (Å²) in [5.41, 5.74) is 4.27. The van der Waals surface area contributed by atoms with Gasteiger partial charge in [0.25, 0.3) is 0 Å². The van der Waals surface area contributed by atoms with Gasteiger partial charge >= 0.3 is 0 Å². The summed E-state index contributed by atoms with van der Waals surface area (Å²) in [6.07, 6.45) is 0.606. The van der Waals surface area contributed by atoms with E-state index in [1.165, 1.54) is 0 Å². The van der Waals surface area contributed by atoms with Crippen molar-refractivity contribution < 1.29 is 4.79 Å². The minimum atomic E-state index is -0.247. The SMILES string of the molecule is Cc1ccc2c(c1)C(=O)c1ccccc1C[C@@H]2C#N. The summed E-state index contributed by atoms with van der Waals surface area (Å²) in [6.45, 7) is 1.96. The Balaban J connectivity index is 2.29. The van der Waals surface area contributed by atoms with E-state index >= 15 is 0 Å². The van der Waals surface area contributed by atoms with Crippen molar-refractivity contribution in [3.8, 4) is 6.07 Å². The first-order valence-corrected chi connectivity index (χ1v) is 6.33. The van der Waals surface area contributed by atoms with E-state index in [1.807, 2.05) is 49.4 Å². The van der Waals surface area contributed by atoms with Crippen molar-refractivity contribution in [2.45, 2.75) is 19.3 Å². The molecule has 0 amide bonds. The summed E-state index contributed by atoms with van der Waals surface area (Å²) in [6, 6.07) is 15.7. The number of nitriles is 1. The molecule has 0 N–H and O–H groups in total. The number of aryl methyl sites for hydroxylation is 1. The molecule has 0 fully saturated rings. The van der Waals surface area contributed by atoms with Gasteiger partial charge < -0.3 is 0 Å². The van der Waals surface area contributed by atoms with Gasteiger partial charge in [-0.2, -0.15) is 5.26 Å². The maximum atomic E-state index is 12.6. The molecular weight excluding hydrogens is 234 g/mol. The molecule has 2 aromatic carbocycles. The van der Waals surface area contributed by atoms with Gasteiger partial charge in [0.05, 0.1) is 12.0 Å². The van der Waals surface area contributed by atoms with Gasteiger partial charge in [-0.3, -0.25) is 4.79 Å². The van der Waals surface area contributed by atoms with Crippen LogP contribution in [-0.4, -0.2) is 5.78 Å². The lowest BCUT2D eigenvalue weighted by molar-refractivity contribution is 0.103. The lowest BCUT2D eigenvalue weighted by Crippen LogP contribution is -2.05. The largest absolute Gasteiger partial charge is 0.289 e. The highest BCUT2D eigenvalue weighted by Gasteiger charge is 2.26. The van der Waals surface area contributed by atoms with Crippen LogP contribution >= 0.6 is 0 Å². The van der Waals surface area contributed by atoms with Gasteiger partial charge in [0.1, 0.15) is 0 Å². The van der Waals surface area contributed by atoms with E-state index in [-0.39, 0.29) is 11.7 Å². The van der Waals surface area contributed by atoms with Crippen LogP contribution in [0.4, 0.5) is 0 Å². The van der Waals surface area contributed by atoms with Crippen molar-refractivity contribution in [2.75, 3.05) is 0 Å². The summed E-state index contributed by atoms with van der Waals surface area (Å²) < 4.78 is 0. The Kier molecular flexibility index (Phi) is 2.68. The first-order valence-electron chi connectivity index (χ1n) is 6.33. The number of rotatable bonds is 0. The zero-order chi connectivity index (χ0) is 13.4. The third-order valence-electron chi connectivity index (χ3n) is 3.67. The molecule has 0 aromatic heterocycles. The highest BCUT2D eigenvalue weighted by molar-refractivity contribution is 6.11. The number of hydrogen-bond donors (Lipinski definition) is 0. The Morgan fingerprint density at radius 1 is 1.16 bits per heavy atom. The molecule has 0 saturated heterocycles. The fourth-order valence-corrected chi connectivity index (χ4v) is 2.68. The van der Waals surface area contributed by atoms with Crippen molar-refractivity contribution in [1.29, 1.82) is 5.26 Å². The third-order valence-corrected chi connectivity index (χ3v) is 3.67. The van der Waals surface area contributed by atoms with Crippen molar-refractivity contribution in [3.05, 3.63) is 70.3 Å². The quantitative estimate of drug-likeness (QED) is 0.716. The van der Waals surface area contributed by atoms with Gasteiger partial charge in [-0.25, -0.2) is 0 Å². The zero-order valence-corrected chi connectivity index (χ0v) is 10.7. The fraction of sp³-hybridized carbons (Fsp3) is 0.176. The highest BCUT2D eigenvalue weighted by atomic mass is 16.1. The molecule has 2 nitrogen and oxygen atoms in total. The standard InChI is InChI=1S/C17H13NO/c1-11-6-7-14-13(10-18)9-12-4-2-3-5-15(12)17(19)16(14)8-11/h2-8,13H,9H2,1H3/t13-/m1/s1. The number of carbonyl (C=O) groups is 1. The summed E-state index contributed by atoms with van der Waals surface area (Å²) in [7, 11) is 0. The summed E-state index contributed by atoms with van der Waals surface area (Å²) >= 11 is 0. The Morgan fingerprint density at radius 3 is 2.74 bits per heavy atom. The minimum absolute atomic E-state index is 0.0343. The molecule has 0 spiro atoms. The van der Waals surface area contributed by atoms with Crippen LogP contribution in [0.2, 0.25) is 0 Å². The number of hydrogen-bond acceptors (Lipinski definition) is 2. The maximum Gasteiger partial charge on any atom is 0.193 e. The van der Waals surface area contributed by atoms with Gasteiger partial charge in [-0.15, -0.1) is 0 Å². The van der Waals surface area contributed by atoms with E-state index in [0.29, 0.717) is 12.0 Å². The molecule has 3 rings (SSSR count). The van der Waals surface area contributed by atoms with E-state index < -0.39 is 0 Å². The predicted octanol–water partition coefficient (Wildman–Crippen LogP) is 3.39. The average molecular weight is 247 g/mol. The Labute approximate surface area is 112 Å². The van der Waals surface area contributed by atoms with Crippen LogP contribution in [0.1, 0.15) is 38.5 Å². The molecule has 1 atom stereocenters. The number of carbonyl (C=O) groups excluding carboxylic acids is 1. The monoisotopic (exact) mass is 247 g/mol. The molecule has 19 heavy (non-hydrogen) atoms. The molecule has 0 unspecified atom stereocenters. The smallest absolute Gasteiger partial charge is 0.193 e. The Morgan fingerprint density at radius 2 is 1.95 bits per heavy atom. The summed E-state index contributed by atoms with van der Waals surface area (Å²) in [5.74, 6) is -0.213. The van der Waals surface area contributed by atoms with Crippen LogP contribution in [0.25, 0.3) is 0 Å². The van der Waals surface area contributed by atoms with Gasteiger partial charge in [0.2, 0.25) is 0 Å². The second-order valence-electron chi connectivity index (χ2n) is 4.96. The number of nitrogens with zero attached hydrogens (tertiary/aromatic N) is 1. The van der Waals surface area contributed by atoms with Gasteiger partial charge in [-0.1, -0.05) is 42.0 Å². The molecular formula is C17H13NO. The van der Waals surface area contributed by atoms with Gasteiger partial charge in [0, 0.05) is 11.1 Å². The first-order chi connectivity index (χ1) is 9.20. The Hall–Kier alpha value is -2.40. The van der Waals surface area contributed by atoms with Crippen molar-refractivity contribution in [3.63, 3.8) is 0 Å².